The summed E-state index contributed by atoms with van der Waals surface area (Å²) in [6, 6.07) is 5.90. The van der Waals surface area contributed by atoms with E-state index in [4.69, 9.17) is 4.74 Å². The first-order chi connectivity index (χ1) is 9.31. The lowest BCUT2D eigenvalue weighted by Gasteiger charge is -2.43. The van der Waals surface area contributed by atoms with Crippen LogP contribution >= 0.6 is 15.9 Å². The molecule has 1 aromatic carbocycles. The molecule has 3 heteroatoms. The topological polar surface area (TPSA) is 29.5 Å². The Labute approximate surface area is 130 Å². The maximum Gasteiger partial charge on any atom is 0.127 e. The van der Waals surface area contributed by atoms with E-state index in [9.17, 15) is 5.11 Å². The quantitative estimate of drug-likeness (QED) is 0.826. The molecule has 1 N–H and O–H groups in total. The monoisotopic (exact) mass is 340 g/mol. The molecule has 0 spiro atoms. The van der Waals surface area contributed by atoms with Gasteiger partial charge in [0.1, 0.15) is 11.4 Å². The zero-order chi connectivity index (χ0) is 14.9. The second-order valence-electron chi connectivity index (χ2n) is 6.88. The number of rotatable bonds is 4. The zero-order valence-electron chi connectivity index (χ0n) is 12.8. The van der Waals surface area contributed by atoms with Crippen molar-refractivity contribution in [3.63, 3.8) is 0 Å². The van der Waals surface area contributed by atoms with Crippen LogP contribution in [0.1, 0.15) is 58.6 Å². The third kappa shape index (κ3) is 3.56. The molecule has 2 rings (SSSR count). The summed E-state index contributed by atoms with van der Waals surface area (Å²) < 4.78 is 7.40. The van der Waals surface area contributed by atoms with Crippen LogP contribution in [0.5, 0.6) is 5.75 Å². The number of benzene rings is 1. The van der Waals surface area contributed by atoms with Crippen molar-refractivity contribution in [1.29, 1.82) is 0 Å². The van der Waals surface area contributed by atoms with E-state index in [2.05, 4.69) is 43.6 Å². The molecule has 20 heavy (non-hydrogen) atoms. The fourth-order valence-corrected chi connectivity index (χ4v) is 3.77. The predicted molar refractivity (Wildman–Crippen MR) is 86.0 cm³/mol. The maximum atomic E-state index is 10.5. The van der Waals surface area contributed by atoms with E-state index in [0.717, 1.165) is 28.6 Å². The SMILES string of the molecule is CC(C)CC1(CC(C)C)C[C@H](O)c2ccc(Br)cc2O1. The molecule has 0 aromatic heterocycles. The van der Waals surface area contributed by atoms with Gasteiger partial charge in [0.15, 0.2) is 0 Å². The van der Waals surface area contributed by atoms with E-state index in [1.165, 1.54) is 0 Å². The molecule has 0 amide bonds. The Morgan fingerprint density at radius 2 is 1.85 bits per heavy atom. The van der Waals surface area contributed by atoms with Gasteiger partial charge in [-0.1, -0.05) is 49.7 Å². The highest BCUT2D eigenvalue weighted by Gasteiger charge is 2.41. The van der Waals surface area contributed by atoms with Crippen molar-refractivity contribution in [3.8, 4) is 5.75 Å². The van der Waals surface area contributed by atoms with Gasteiger partial charge in [0.05, 0.1) is 6.10 Å². The molecule has 1 aliphatic rings. The minimum Gasteiger partial charge on any atom is -0.487 e. The van der Waals surface area contributed by atoms with Crippen LogP contribution in [-0.4, -0.2) is 10.7 Å². The van der Waals surface area contributed by atoms with Crippen molar-refractivity contribution in [2.24, 2.45) is 11.8 Å². The number of hydrogen-bond acceptors (Lipinski definition) is 2. The van der Waals surface area contributed by atoms with Crippen LogP contribution in [-0.2, 0) is 0 Å². The van der Waals surface area contributed by atoms with Crippen LogP contribution in [0, 0.1) is 11.8 Å². The Morgan fingerprint density at radius 3 is 2.40 bits per heavy atom. The lowest BCUT2D eigenvalue weighted by atomic mass is 9.78. The van der Waals surface area contributed by atoms with Crippen molar-refractivity contribution in [2.75, 3.05) is 0 Å². The Balaban J connectivity index is 2.36. The Bertz CT molecular complexity index is 458. The molecular formula is C17H25BrO2. The van der Waals surface area contributed by atoms with Gasteiger partial charge >= 0.3 is 0 Å². The fraction of sp³-hybridized carbons (Fsp3) is 0.647. The van der Waals surface area contributed by atoms with E-state index in [1.54, 1.807) is 0 Å². The highest BCUT2D eigenvalue weighted by molar-refractivity contribution is 9.10. The Kier molecular flexibility index (Phi) is 4.80. The van der Waals surface area contributed by atoms with Crippen molar-refractivity contribution in [1.82, 2.24) is 0 Å². The molecule has 1 aromatic rings. The lowest BCUT2D eigenvalue weighted by Crippen LogP contribution is -2.43. The number of fused-ring (bicyclic) bond motifs is 1. The van der Waals surface area contributed by atoms with E-state index in [0.29, 0.717) is 18.3 Å². The summed E-state index contributed by atoms with van der Waals surface area (Å²) in [6.07, 6.45) is 2.23. The van der Waals surface area contributed by atoms with E-state index >= 15 is 0 Å². The largest absolute Gasteiger partial charge is 0.487 e. The minimum absolute atomic E-state index is 0.241. The standard InChI is InChI=1S/C17H25BrO2/c1-11(2)8-17(9-12(3)4)10-15(19)14-6-5-13(18)7-16(14)20-17/h5-7,11-12,15,19H,8-10H2,1-4H3/t15-/m0/s1. The van der Waals surface area contributed by atoms with Gasteiger partial charge in [-0.2, -0.15) is 0 Å². The first-order valence-electron chi connectivity index (χ1n) is 7.48. The molecule has 0 bridgehead atoms. The molecular weight excluding hydrogens is 316 g/mol. The molecule has 1 heterocycles. The normalized spacial score (nSPS) is 20.9. The maximum absolute atomic E-state index is 10.5. The number of aliphatic hydroxyl groups excluding tert-OH is 1. The van der Waals surface area contributed by atoms with Crippen LogP contribution in [0.15, 0.2) is 22.7 Å². The van der Waals surface area contributed by atoms with E-state index in [1.807, 2.05) is 18.2 Å². The van der Waals surface area contributed by atoms with Crippen LogP contribution in [0.25, 0.3) is 0 Å². The summed E-state index contributed by atoms with van der Waals surface area (Å²) >= 11 is 3.49. The van der Waals surface area contributed by atoms with Crippen LogP contribution in [0.4, 0.5) is 0 Å². The van der Waals surface area contributed by atoms with Gasteiger partial charge in [0.2, 0.25) is 0 Å². The van der Waals surface area contributed by atoms with Gasteiger partial charge < -0.3 is 9.84 Å². The minimum atomic E-state index is -0.427. The predicted octanol–water partition coefficient (Wildman–Crippen LogP) is 5.10. The fourth-order valence-electron chi connectivity index (χ4n) is 3.43. The van der Waals surface area contributed by atoms with Crippen LogP contribution < -0.4 is 4.74 Å². The molecule has 0 unspecified atom stereocenters. The summed E-state index contributed by atoms with van der Waals surface area (Å²) in [4.78, 5) is 0. The molecule has 1 atom stereocenters. The third-order valence-corrected chi connectivity index (χ3v) is 4.28. The Morgan fingerprint density at radius 1 is 1.25 bits per heavy atom. The lowest BCUT2D eigenvalue weighted by molar-refractivity contribution is -0.0407. The molecule has 112 valence electrons. The first-order valence-corrected chi connectivity index (χ1v) is 8.27. The summed E-state index contributed by atoms with van der Waals surface area (Å²) in [5.74, 6) is 1.93. The second kappa shape index (κ2) is 6.07. The average molecular weight is 341 g/mol. The number of hydrogen-bond donors (Lipinski definition) is 1. The first kappa shape index (κ1) is 15.8. The Hall–Kier alpha value is -0.540. The van der Waals surface area contributed by atoms with Crippen molar-refractivity contribution < 1.29 is 9.84 Å². The van der Waals surface area contributed by atoms with Crippen molar-refractivity contribution >= 4 is 15.9 Å². The number of halogens is 1. The molecule has 0 radical (unpaired) electrons. The van der Waals surface area contributed by atoms with Crippen molar-refractivity contribution in [2.45, 2.75) is 58.7 Å². The molecule has 0 saturated heterocycles. The van der Waals surface area contributed by atoms with Crippen LogP contribution in [0.3, 0.4) is 0 Å². The highest BCUT2D eigenvalue weighted by Crippen LogP contribution is 2.45. The van der Waals surface area contributed by atoms with Gasteiger partial charge in [-0.25, -0.2) is 0 Å². The summed E-state index contributed by atoms with van der Waals surface area (Å²) in [5, 5.41) is 10.5. The van der Waals surface area contributed by atoms with Gasteiger partial charge in [0.25, 0.3) is 0 Å². The van der Waals surface area contributed by atoms with E-state index in [-0.39, 0.29) is 5.60 Å². The van der Waals surface area contributed by atoms with Crippen molar-refractivity contribution in [3.05, 3.63) is 28.2 Å². The second-order valence-corrected chi connectivity index (χ2v) is 7.80. The summed E-state index contributed by atoms with van der Waals surface area (Å²) in [6.45, 7) is 8.87. The molecule has 0 saturated carbocycles. The molecule has 1 aliphatic heterocycles. The zero-order valence-corrected chi connectivity index (χ0v) is 14.4. The number of aliphatic hydroxyl groups is 1. The van der Waals surface area contributed by atoms with Gasteiger partial charge in [0, 0.05) is 16.5 Å². The summed E-state index contributed by atoms with van der Waals surface area (Å²) in [5.41, 5.74) is 0.673. The van der Waals surface area contributed by atoms with Gasteiger partial charge in [-0.05, 0) is 36.8 Å². The van der Waals surface area contributed by atoms with Gasteiger partial charge in [-0.3, -0.25) is 0 Å². The van der Waals surface area contributed by atoms with Crippen LogP contribution in [0.2, 0.25) is 0 Å². The molecule has 0 aliphatic carbocycles. The number of ether oxygens (including phenoxy) is 1. The van der Waals surface area contributed by atoms with E-state index < -0.39 is 6.10 Å². The summed E-state index contributed by atoms with van der Waals surface area (Å²) in [7, 11) is 0. The van der Waals surface area contributed by atoms with Gasteiger partial charge in [-0.15, -0.1) is 0 Å². The molecule has 0 fully saturated rings. The molecule has 2 nitrogen and oxygen atoms in total. The third-order valence-electron chi connectivity index (χ3n) is 3.79. The average Bonchev–Trinajstić information content (AvgIpc) is 2.25. The highest BCUT2D eigenvalue weighted by atomic mass is 79.9. The smallest absolute Gasteiger partial charge is 0.127 e.